The number of halogens is 2. The van der Waals surface area contributed by atoms with Crippen molar-refractivity contribution >= 4 is 0 Å². The van der Waals surface area contributed by atoms with E-state index in [1.807, 2.05) is 23.1 Å². The lowest BCUT2D eigenvalue weighted by atomic mass is 10.1. The Hall–Kier alpha value is -2.36. The minimum absolute atomic E-state index is 0.0365. The van der Waals surface area contributed by atoms with E-state index in [9.17, 15) is 13.9 Å². The minimum Gasteiger partial charge on any atom is -0.387 e. The zero-order valence-corrected chi connectivity index (χ0v) is 12.5. The fourth-order valence-corrected chi connectivity index (χ4v) is 2.28. The van der Waals surface area contributed by atoms with Crippen LogP contribution in [-0.4, -0.2) is 28.1 Å². The van der Waals surface area contributed by atoms with Gasteiger partial charge in [0.15, 0.2) is 0 Å². The number of aromatic nitrogens is 1. The molecule has 4 nitrogen and oxygen atoms in total. The van der Waals surface area contributed by atoms with Gasteiger partial charge in [0.05, 0.1) is 17.9 Å². The molecule has 0 bridgehead atoms. The van der Waals surface area contributed by atoms with Gasteiger partial charge >= 0.3 is 0 Å². The average Bonchev–Trinajstić information content (AvgIpc) is 2.53. The number of benzene rings is 1. The topological polar surface area (TPSA) is 60.2 Å². The van der Waals surface area contributed by atoms with E-state index < -0.39 is 17.7 Å². The largest absolute Gasteiger partial charge is 0.387 e. The highest BCUT2D eigenvalue weighted by Crippen LogP contribution is 2.20. The summed E-state index contributed by atoms with van der Waals surface area (Å²) in [5.41, 5.74) is 0.826. The smallest absolute Gasteiger partial charge is 0.131 e. The van der Waals surface area contributed by atoms with Gasteiger partial charge in [0.2, 0.25) is 0 Å². The Morgan fingerprint density at radius 3 is 2.74 bits per heavy atom. The van der Waals surface area contributed by atoms with Gasteiger partial charge in [-0.1, -0.05) is 12.1 Å². The summed E-state index contributed by atoms with van der Waals surface area (Å²) in [6.07, 6.45) is 0.831. The van der Waals surface area contributed by atoms with Crippen LogP contribution in [0.15, 0.2) is 42.6 Å². The van der Waals surface area contributed by atoms with E-state index in [-0.39, 0.29) is 18.5 Å². The Morgan fingerprint density at radius 1 is 1.26 bits per heavy atom. The highest BCUT2D eigenvalue weighted by atomic mass is 19.1. The molecular formula is C17H17F2N3O. The van der Waals surface area contributed by atoms with Crippen molar-refractivity contribution in [3.05, 3.63) is 65.5 Å². The summed E-state index contributed by atoms with van der Waals surface area (Å²) >= 11 is 0. The molecular weight excluding hydrogens is 300 g/mol. The zero-order valence-electron chi connectivity index (χ0n) is 12.5. The highest BCUT2D eigenvalue weighted by molar-refractivity contribution is 5.21. The van der Waals surface area contributed by atoms with Gasteiger partial charge in [-0.2, -0.15) is 5.26 Å². The fraction of sp³-hybridized carbons (Fsp3) is 0.294. The Kier molecular flexibility index (Phi) is 6.15. The van der Waals surface area contributed by atoms with Gasteiger partial charge in [-0.3, -0.25) is 9.88 Å². The van der Waals surface area contributed by atoms with Crippen molar-refractivity contribution in [2.45, 2.75) is 19.1 Å². The van der Waals surface area contributed by atoms with E-state index in [2.05, 4.69) is 4.98 Å². The molecule has 2 rings (SSSR count). The summed E-state index contributed by atoms with van der Waals surface area (Å²) in [5.74, 6) is -1.47. The minimum atomic E-state index is -1.11. The van der Waals surface area contributed by atoms with Crippen molar-refractivity contribution in [1.29, 1.82) is 5.26 Å². The molecule has 0 saturated heterocycles. The van der Waals surface area contributed by atoms with Crippen molar-refractivity contribution in [3.63, 3.8) is 0 Å². The molecule has 1 N–H and O–H groups in total. The molecule has 0 radical (unpaired) electrons. The second-order valence-electron chi connectivity index (χ2n) is 5.15. The van der Waals surface area contributed by atoms with Gasteiger partial charge in [-0.25, -0.2) is 8.78 Å². The van der Waals surface area contributed by atoms with E-state index >= 15 is 0 Å². The summed E-state index contributed by atoms with van der Waals surface area (Å²) in [4.78, 5) is 6.02. The van der Waals surface area contributed by atoms with Crippen LogP contribution in [0.25, 0.3) is 0 Å². The number of nitriles is 1. The lowest BCUT2D eigenvalue weighted by Gasteiger charge is -2.24. The molecule has 0 spiro atoms. The quantitative estimate of drug-likeness (QED) is 0.853. The second-order valence-corrected chi connectivity index (χ2v) is 5.15. The third kappa shape index (κ3) is 5.09. The van der Waals surface area contributed by atoms with E-state index in [4.69, 9.17) is 5.26 Å². The van der Waals surface area contributed by atoms with Crippen molar-refractivity contribution < 1.29 is 13.9 Å². The van der Waals surface area contributed by atoms with Crippen LogP contribution in [0.3, 0.4) is 0 Å². The summed E-state index contributed by atoms with van der Waals surface area (Å²) in [5, 5.41) is 19.0. The molecule has 1 heterocycles. The molecule has 120 valence electrons. The summed E-state index contributed by atoms with van der Waals surface area (Å²) in [7, 11) is 0. The average molecular weight is 317 g/mol. The predicted octanol–water partition coefficient (Wildman–Crippen LogP) is 2.81. The van der Waals surface area contributed by atoms with Crippen LogP contribution in [0.2, 0.25) is 0 Å². The molecule has 0 amide bonds. The number of hydrogen-bond acceptors (Lipinski definition) is 4. The molecule has 1 aromatic heterocycles. The SMILES string of the molecule is N#CCCN(Cc1ccccn1)CC(O)c1ccc(F)cc1F. The number of hydrogen-bond donors (Lipinski definition) is 1. The number of aliphatic hydroxyl groups excluding tert-OH is 1. The maximum Gasteiger partial charge on any atom is 0.131 e. The van der Waals surface area contributed by atoms with Gasteiger partial charge in [-0.05, 0) is 18.2 Å². The zero-order chi connectivity index (χ0) is 16.7. The molecule has 1 aromatic carbocycles. The first kappa shape index (κ1) is 17.0. The standard InChI is InChI=1S/C17H17F2N3O/c18-13-5-6-15(16(19)10-13)17(23)12-22(9-3-7-20)11-14-4-1-2-8-21-14/h1-2,4-6,8,10,17,23H,3,9,11-12H2. The van der Waals surface area contributed by atoms with E-state index in [0.29, 0.717) is 13.1 Å². The Balaban J connectivity index is 2.08. The molecule has 1 atom stereocenters. The Morgan fingerprint density at radius 2 is 2.09 bits per heavy atom. The molecule has 0 aliphatic heterocycles. The van der Waals surface area contributed by atoms with Gasteiger partial charge in [0, 0.05) is 43.9 Å². The maximum absolute atomic E-state index is 13.7. The van der Waals surface area contributed by atoms with Crippen LogP contribution in [0.5, 0.6) is 0 Å². The van der Waals surface area contributed by atoms with E-state index in [1.165, 1.54) is 6.07 Å². The molecule has 0 saturated carbocycles. The summed E-state index contributed by atoms with van der Waals surface area (Å²) < 4.78 is 26.7. The number of pyridine rings is 1. The third-order valence-corrected chi connectivity index (χ3v) is 3.40. The van der Waals surface area contributed by atoms with Gasteiger partial charge in [-0.15, -0.1) is 0 Å². The van der Waals surface area contributed by atoms with Crippen molar-refractivity contribution in [2.24, 2.45) is 0 Å². The van der Waals surface area contributed by atoms with E-state index in [0.717, 1.165) is 17.8 Å². The van der Waals surface area contributed by atoms with Crippen LogP contribution >= 0.6 is 0 Å². The molecule has 1 unspecified atom stereocenters. The third-order valence-electron chi connectivity index (χ3n) is 3.40. The maximum atomic E-state index is 13.7. The number of rotatable bonds is 7. The normalized spacial score (nSPS) is 12.1. The molecule has 0 fully saturated rings. The van der Waals surface area contributed by atoms with Crippen molar-refractivity contribution in [2.75, 3.05) is 13.1 Å². The summed E-state index contributed by atoms with van der Waals surface area (Å²) in [6.45, 7) is 0.982. The molecule has 0 aliphatic carbocycles. The fourth-order valence-electron chi connectivity index (χ4n) is 2.28. The first-order chi connectivity index (χ1) is 11.1. The Bertz CT molecular complexity index is 673. The lowest BCUT2D eigenvalue weighted by molar-refractivity contribution is 0.106. The first-order valence-corrected chi connectivity index (χ1v) is 7.22. The van der Waals surface area contributed by atoms with Crippen molar-refractivity contribution in [1.82, 2.24) is 9.88 Å². The van der Waals surface area contributed by atoms with Crippen LogP contribution < -0.4 is 0 Å². The van der Waals surface area contributed by atoms with Gasteiger partial charge < -0.3 is 5.11 Å². The molecule has 6 heteroatoms. The van der Waals surface area contributed by atoms with Crippen LogP contribution in [0, 0.1) is 23.0 Å². The summed E-state index contributed by atoms with van der Waals surface area (Å²) in [6, 6.07) is 10.6. The Labute approximate surface area is 133 Å². The predicted molar refractivity (Wildman–Crippen MR) is 81.1 cm³/mol. The van der Waals surface area contributed by atoms with Gasteiger partial charge in [0.1, 0.15) is 11.6 Å². The van der Waals surface area contributed by atoms with Crippen LogP contribution in [-0.2, 0) is 6.54 Å². The van der Waals surface area contributed by atoms with Crippen LogP contribution in [0.1, 0.15) is 23.8 Å². The van der Waals surface area contributed by atoms with Crippen molar-refractivity contribution in [3.8, 4) is 6.07 Å². The van der Waals surface area contributed by atoms with E-state index in [1.54, 1.807) is 12.3 Å². The monoisotopic (exact) mass is 317 g/mol. The lowest BCUT2D eigenvalue weighted by Crippen LogP contribution is -2.30. The first-order valence-electron chi connectivity index (χ1n) is 7.22. The number of nitrogens with zero attached hydrogens (tertiary/aromatic N) is 3. The molecule has 0 aliphatic rings. The van der Waals surface area contributed by atoms with Crippen LogP contribution in [0.4, 0.5) is 8.78 Å². The highest BCUT2D eigenvalue weighted by Gasteiger charge is 2.18. The van der Waals surface area contributed by atoms with Gasteiger partial charge in [0.25, 0.3) is 0 Å². The second kappa shape index (κ2) is 8.32. The number of aliphatic hydroxyl groups is 1. The molecule has 23 heavy (non-hydrogen) atoms. The molecule has 2 aromatic rings.